The van der Waals surface area contributed by atoms with Gasteiger partial charge in [-0.15, -0.1) is 0 Å². The minimum atomic E-state index is -3.61. The van der Waals surface area contributed by atoms with E-state index < -0.39 is 10.0 Å². The number of carbonyl (C=O) groups excluding carboxylic acids is 1. The lowest BCUT2D eigenvalue weighted by Gasteiger charge is -2.36. The van der Waals surface area contributed by atoms with Gasteiger partial charge in [-0.05, 0) is 43.0 Å². The first-order chi connectivity index (χ1) is 12.9. The minimum absolute atomic E-state index is 0.0934. The van der Waals surface area contributed by atoms with E-state index in [2.05, 4.69) is 12.2 Å². The summed E-state index contributed by atoms with van der Waals surface area (Å²) in [5.74, 6) is 0.487. The van der Waals surface area contributed by atoms with Crippen LogP contribution in [0.15, 0.2) is 29.2 Å². The molecule has 1 aliphatic heterocycles. The molecule has 0 bridgehead atoms. The van der Waals surface area contributed by atoms with E-state index in [-0.39, 0.29) is 30.1 Å². The van der Waals surface area contributed by atoms with Gasteiger partial charge in [-0.1, -0.05) is 19.8 Å². The van der Waals surface area contributed by atoms with Crippen molar-refractivity contribution in [3.05, 3.63) is 29.8 Å². The van der Waals surface area contributed by atoms with E-state index in [9.17, 15) is 13.2 Å². The summed E-state index contributed by atoms with van der Waals surface area (Å²) in [6.45, 7) is 3.48. The maximum atomic E-state index is 12.7. The number of hydrogen-bond donors (Lipinski definition) is 1. The molecule has 2 atom stereocenters. The van der Waals surface area contributed by atoms with Crippen LogP contribution in [0.1, 0.15) is 38.2 Å². The summed E-state index contributed by atoms with van der Waals surface area (Å²) in [4.78, 5) is 14.4. The fraction of sp³-hybridized carbons (Fsp3) is 0.579. The van der Waals surface area contributed by atoms with Crippen LogP contribution in [0.25, 0.3) is 0 Å². The summed E-state index contributed by atoms with van der Waals surface area (Å²) in [6.07, 6.45) is 4.52. The molecular weight excluding hydrogens is 364 g/mol. The first-order valence-corrected chi connectivity index (χ1v) is 10.9. The fourth-order valence-corrected chi connectivity index (χ4v) is 5.18. The third-order valence-electron chi connectivity index (χ3n) is 5.57. The van der Waals surface area contributed by atoms with Crippen LogP contribution in [0.3, 0.4) is 0 Å². The molecule has 0 radical (unpaired) electrons. The van der Waals surface area contributed by atoms with Crippen LogP contribution >= 0.6 is 0 Å². The Morgan fingerprint density at radius 3 is 2.33 bits per heavy atom. The molecule has 3 rings (SSSR count). The summed E-state index contributed by atoms with van der Waals surface area (Å²) >= 11 is 0. The van der Waals surface area contributed by atoms with Gasteiger partial charge in [-0.3, -0.25) is 0 Å². The van der Waals surface area contributed by atoms with Crippen LogP contribution in [0, 0.1) is 17.2 Å². The summed E-state index contributed by atoms with van der Waals surface area (Å²) < 4.78 is 26.9. The average molecular weight is 391 g/mol. The number of hydrogen-bond acceptors (Lipinski definition) is 4. The molecule has 0 aromatic heterocycles. The second-order valence-corrected chi connectivity index (χ2v) is 9.28. The Morgan fingerprint density at radius 2 is 1.74 bits per heavy atom. The molecular formula is C19H26N4O3S. The van der Waals surface area contributed by atoms with Crippen molar-refractivity contribution < 1.29 is 13.2 Å². The quantitative estimate of drug-likeness (QED) is 0.856. The van der Waals surface area contributed by atoms with Gasteiger partial charge in [0.05, 0.1) is 16.5 Å². The lowest BCUT2D eigenvalue weighted by molar-refractivity contribution is 0.161. The molecule has 1 aromatic carbocycles. The molecule has 1 aliphatic carbocycles. The Bertz CT molecular complexity index is 808. The lowest BCUT2D eigenvalue weighted by Crippen LogP contribution is -2.55. The van der Waals surface area contributed by atoms with Crippen LogP contribution in [-0.4, -0.2) is 55.9 Å². The summed E-state index contributed by atoms with van der Waals surface area (Å²) in [5.41, 5.74) is 0.424. The molecule has 146 valence electrons. The number of nitrogens with one attached hydrogen (secondary N) is 1. The van der Waals surface area contributed by atoms with E-state index >= 15 is 0 Å². The number of urea groups is 1. The number of benzene rings is 1. The molecule has 27 heavy (non-hydrogen) atoms. The van der Waals surface area contributed by atoms with E-state index in [4.69, 9.17) is 5.26 Å². The van der Waals surface area contributed by atoms with Crippen LogP contribution < -0.4 is 5.32 Å². The zero-order chi connectivity index (χ0) is 19.4. The van der Waals surface area contributed by atoms with Crippen molar-refractivity contribution in [1.29, 1.82) is 5.26 Å². The van der Waals surface area contributed by atoms with Crippen LogP contribution in [0.4, 0.5) is 4.79 Å². The molecule has 1 N–H and O–H groups in total. The van der Waals surface area contributed by atoms with E-state index in [1.807, 2.05) is 6.07 Å². The third-order valence-corrected chi connectivity index (χ3v) is 7.48. The predicted octanol–water partition coefficient (Wildman–Crippen LogP) is 2.15. The van der Waals surface area contributed by atoms with Gasteiger partial charge in [0.25, 0.3) is 0 Å². The van der Waals surface area contributed by atoms with Crippen molar-refractivity contribution >= 4 is 16.1 Å². The van der Waals surface area contributed by atoms with Gasteiger partial charge in [0.15, 0.2) is 0 Å². The van der Waals surface area contributed by atoms with Crippen LogP contribution in [0.5, 0.6) is 0 Å². The Kier molecular flexibility index (Phi) is 6.02. The zero-order valence-corrected chi connectivity index (χ0v) is 16.4. The number of rotatable bonds is 3. The summed E-state index contributed by atoms with van der Waals surface area (Å²) in [7, 11) is -3.61. The second kappa shape index (κ2) is 8.28. The van der Waals surface area contributed by atoms with Gasteiger partial charge in [-0.25, -0.2) is 13.2 Å². The van der Waals surface area contributed by atoms with Crippen molar-refractivity contribution in [2.24, 2.45) is 5.92 Å². The molecule has 1 saturated carbocycles. The Hall–Kier alpha value is -2.11. The van der Waals surface area contributed by atoms with E-state index in [0.717, 1.165) is 19.3 Å². The standard InChI is InChI=1S/C19H26N4O3S/c1-15-4-2-3-5-18(15)21-19(24)22-10-12-23(13-11-22)27(25,26)17-8-6-16(14-20)7-9-17/h6-9,15,18H,2-5,10-13H2,1H3,(H,21,24). The molecule has 2 fully saturated rings. The molecule has 1 saturated heterocycles. The van der Waals surface area contributed by atoms with Gasteiger partial charge in [0.2, 0.25) is 10.0 Å². The second-order valence-electron chi connectivity index (χ2n) is 7.35. The van der Waals surface area contributed by atoms with Crippen LogP contribution in [0.2, 0.25) is 0 Å². The largest absolute Gasteiger partial charge is 0.335 e. The first-order valence-electron chi connectivity index (χ1n) is 9.47. The highest BCUT2D eigenvalue weighted by Gasteiger charge is 2.31. The van der Waals surface area contributed by atoms with Gasteiger partial charge in [0.1, 0.15) is 0 Å². The van der Waals surface area contributed by atoms with Crippen LogP contribution in [-0.2, 0) is 10.0 Å². The molecule has 1 aromatic rings. The SMILES string of the molecule is CC1CCCCC1NC(=O)N1CCN(S(=O)(=O)c2ccc(C#N)cc2)CC1. The minimum Gasteiger partial charge on any atom is -0.335 e. The molecule has 2 amide bonds. The Labute approximate surface area is 161 Å². The maximum absolute atomic E-state index is 12.7. The first kappa shape index (κ1) is 19.6. The molecule has 2 aliphatic rings. The average Bonchev–Trinajstić information content (AvgIpc) is 2.70. The predicted molar refractivity (Wildman–Crippen MR) is 101 cm³/mol. The van der Waals surface area contributed by atoms with Gasteiger partial charge in [-0.2, -0.15) is 9.57 Å². The number of sulfonamides is 1. The van der Waals surface area contributed by atoms with Gasteiger partial charge in [0, 0.05) is 32.2 Å². The number of amides is 2. The Morgan fingerprint density at radius 1 is 1.11 bits per heavy atom. The Balaban J connectivity index is 1.57. The fourth-order valence-electron chi connectivity index (χ4n) is 3.76. The van der Waals surface area contributed by atoms with Gasteiger partial charge < -0.3 is 10.2 Å². The van der Waals surface area contributed by atoms with Crippen molar-refractivity contribution in [1.82, 2.24) is 14.5 Å². The zero-order valence-electron chi connectivity index (χ0n) is 15.6. The van der Waals surface area contributed by atoms with Crippen molar-refractivity contribution in [3.8, 4) is 6.07 Å². The molecule has 8 heteroatoms. The van der Waals surface area contributed by atoms with E-state index in [0.29, 0.717) is 24.6 Å². The van der Waals surface area contributed by atoms with Crippen molar-refractivity contribution in [3.63, 3.8) is 0 Å². The molecule has 0 spiro atoms. The highest BCUT2D eigenvalue weighted by molar-refractivity contribution is 7.89. The number of nitriles is 1. The normalized spacial score (nSPS) is 24.2. The highest BCUT2D eigenvalue weighted by Crippen LogP contribution is 2.24. The van der Waals surface area contributed by atoms with Crippen molar-refractivity contribution in [2.45, 2.75) is 43.5 Å². The third kappa shape index (κ3) is 4.42. The molecule has 2 unspecified atom stereocenters. The smallest absolute Gasteiger partial charge is 0.317 e. The van der Waals surface area contributed by atoms with Crippen molar-refractivity contribution in [2.75, 3.05) is 26.2 Å². The number of piperazine rings is 1. The van der Waals surface area contributed by atoms with E-state index in [1.165, 1.54) is 35.0 Å². The number of nitrogens with zero attached hydrogens (tertiary/aromatic N) is 3. The van der Waals surface area contributed by atoms with E-state index in [1.54, 1.807) is 4.90 Å². The van der Waals surface area contributed by atoms with Gasteiger partial charge >= 0.3 is 6.03 Å². The molecule has 1 heterocycles. The lowest BCUT2D eigenvalue weighted by atomic mass is 9.86. The summed E-state index contributed by atoms with van der Waals surface area (Å²) in [6, 6.07) is 8.02. The topological polar surface area (TPSA) is 93.5 Å². The monoisotopic (exact) mass is 390 g/mol. The number of carbonyl (C=O) groups is 1. The molecule has 7 nitrogen and oxygen atoms in total. The summed E-state index contributed by atoms with van der Waals surface area (Å²) in [5, 5.41) is 12.0. The maximum Gasteiger partial charge on any atom is 0.317 e. The highest BCUT2D eigenvalue weighted by atomic mass is 32.2.